The summed E-state index contributed by atoms with van der Waals surface area (Å²) < 4.78 is 69.7. The minimum Gasteiger partial charge on any atom is -0.383 e. The quantitative estimate of drug-likeness (QED) is 0.336. The normalized spacial score (nSPS) is 12.6. The molecule has 0 aliphatic heterocycles. The molecular formula is C23H15F5N10. The Kier molecular flexibility index (Phi) is 5.94. The number of hydrogen-bond donors (Lipinski definition) is 1. The van der Waals surface area contributed by atoms with Crippen LogP contribution in [0.2, 0.25) is 0 Å². The summed E-state index contributed by atoms with van der Waals surface area (Å²) in [6.45, 7) is 1.78. The van der Waals surface area contributed by atoms with Crippen LogP contribution in [0.1, 0.15) is 36.6 Å². The largest absolute Gasteiger partial charge is 0.451 e. The molecule has 4 aromatic heterocycles. The van der Waals surface area contributed by atoms with Crippen LogP contribution >= 0.6 is 0 Å². The van der Waals surface area contributed by atoms with E-state index in [0.717, 1.165) is 23.1 Å². The molecule has 0 saturated carbocycles. The number of nitrogens with zero attached hydrogens (tertiary/aromatic N) is 9. The van der Waals surface area contributed by atoms with Crippen molar-refractivity contribution in [2.24, 2.45) is 0 Å². The van der Waals surface area contributed by atoms with E-state index in [1.165, 1.54) is 29.2 Å². The Balaban J connectivity index is 1.71. The average Bonchev–Trinajstić information content (AvgIpc) is 3.50. The first-order chi connectivity index (χ1) is 18.2. The van der Waals surface area contributed by atoms with Crippen molar-refractivity contribution < 1.29 is 22.0 Å². The molecule has 1 aromatic carbocycles. The fraction of sp³-hybridized carbons (Fsp3) is 0.174. The maximum Gasteiger partial charge on any atom is 0.451 e. The fourth-order valence-electron chi connectivity index (χ4n) is 4.19. The maximum atomic E-state index is 14.3. The Hall–Kier alpha value is -5.00. The molecule has 1 atom stereocenters. The molecule has 38 heavy (non-hydrogen) atoms. The molecule has 5 rings (SSSR count). The van der Waals surface area contributed by atoms with Gasteiger partial charge in [-0.3, -0.25) is 0 Å². The van der Waals surface area contributed by atoms with Crippen molar-refractivity contribution in [2.45, 2.75) is 25.6 Å². The second-order valence-electron chi connectivity index (χ2n) is 8.04. The van der Waals surface area contributed by atoms with Gasteiger partial charge in [0.25, 0.3) is 0 Å². The molecule has 0 unspecified atom stereocenters. The zero-order valence-electron chi connectivity index (χ0n) is 19.3. The first-order valence-corrected chi connectivity index (χ1v) is 11.0. The lowest BCUT2D eigenvalue weighted by molar-refractivity contribution is -0.144. The van der Waals surface area contributed by atoms with Gasteiger partial charge in [-0.2, -0.15) is 18.4 Å². The zero-order valence-corrected chi connectivity index (χ0v) is 19.3. The maximum absolute atomic E-state index is 14.3. The van der Waals surface area contributed by atoms with Gasteiger partial charge in [-0.1, -0.05) is 18.2 Å². The van der Waals surface area contributed by atoms with Gasteiger partial charge in [0.1, 0.15) is 40.9 Å². The zero-order chi connectivity index (χ0) is 27.2. The third-order valence-corrected chi connectivity index (χ3v) is 5.84. The second-order valence-corrected chi connectivity index (χ2v) is 8.04. The van der Waals surface area contributed by atoms with E-state index < -0.39 is 29.7 Å². The van der Waals surface area contributed by atoms with Crippen LogP contribution in [0, 0.1) is 23.0 Å². The van der Waals surface area contributed by atoms with Crippen LogP contribution in [-0.4, -0.2) is 39.5 Å². The number of rotatable bonds is 5. The summed E-state index contributed by atoms with van der Waals surface area (Å²) in [5, 5.41) is 18.4. The van der Waals surface area contributed by atoms with Crippen LogP contribution < -0.4 is 5.73 Å². The molecule has 0 spiro atoms. The molecule has 0 radical (unpaired) electrons. The molecule has 0 saturated heterocycles. The van der Waals surface area contributed by atoms with Crippen molar-refractivity contribution in [3.63, 3.8) is 0 Å². The Morgan fingerprint density at radius 2 is 1.84 bits per heavy atom. The summed E-state index contributed by atoms with van der Waals surface area (Å²) in [5.74, 6) is -3.56. The molecule has 5 aromatic rings. The van der Waals surface area contributed by atoms with Gasteiger partial charge in [0, 0.05) is 23.5 Å². The van der Waals surface area contributed by atoms with Crippen molar-refractivity contribution in [3.8, 4) is 22.9 Å². The summed E-state index contributed by atoms with van der Waals surface area (Å²) in [6.07, 6.45) is -0.000489. The number of benzene rings is 1. The van der Waals surface area contributed by atoms with E-state index in [-0.39, 0.29) is 45.1 Å². The Morgan fingerprint density at radius 3 is 2.50 bits per heavy atom. The van der Waals surface area contributed by atoms with Gasteiger partial charge in [0.15, 0.2) is 11.6 Å². The Bertz CT molecular complexity index is 1700. The Labute approximate surface area is 210 Å². The van der Waals surface area contributed by atoms with Crippen LogP contribution in [0.15, 0.2) is 43.1 Å². The minimum atomic E-state index is -4.76. The van der Waals surface area contributed by atoms with E-state index in [4.69, 9.17) is 5.73 Å². The predicted molar refractivity (Wildman–Crippen MR) is 122 cm³/mol. The molecule has 0 bridgehead atoms. The van der Waals surface area contributed by atoms with Crippen molar-refractivity contribution in [2.75, 3.05) is 5.73 Å². The highest BCUT2D eigenvalue weighted by Crippen LogP contribution is 2.40. The number of hydrogen-bond acceptors (Lipinski definition) is 8. The summed E-state index contributed by atoms with van der Waals surface area (Å²) >= 11 is 0. The summed E-state index contributed by atoms with van der Waals surface area (Å²) in [5.41, 5.74) is 6.61. The minimum absolute atomic E-state index is 0.0195. The van der Waals surface area contributed by atoms with Crippen LogP contribution in [0.4, 0.5) is 27.8 Å². The standard InChI is InChI=1S/C23H15F5N10/c1-2-14(13-9-37(36-35-13)15-5-3-4-12(24)19(15)25)38-16(6-29)17(18-20(30)33-10-34-21(18)38)11-7-31-22(32-8-11)23(26,27)28/h3-5,7-10,14H,2H2,1H3,(H2,30,33,34)/t14-/m1/s1. The summed E-state index contributed by atoms with van der Waals surface area (Å²) in [4.78, 5) is 15.0. The van der Waals surface area contributed by atoms with Crippen molar-refractivity contribution in [1.82, 2.24) is 39.5 Å². The first-order valence-electron chi connectivity index (χ1n) is 11.0. The number of fused-ring (bicyclic) bond motifs is 1. The van der Waals surface area contributed by atoms with Gasteiger partial charge >= 0.3 is 6.18 Å². The molecule has 0 fully saturated rings. The van der Waals surface area contributed by atoms with E-state index >= 15 is 0 Å². The van der Waals surface area contributed by atoms with Gasteiger partial charge in [-0.25, -0.2) is 33.4 Å². The topological polar surface area (TPSA) is 137 Å². The SMILES string of the molecule is CC[C@H](c1cn(-c2cccc(F)c2F)nn1)n1c(C#N)c(-c2cnc(C(F)(F)F)nc2)c2c(N)ncnc21. The van der Waals surface area contributed by atoms with E-state index in [9.17, 15) is 27.2 Å². The molecule has 0 aliphatic rings. The first kappa shape index (κ1) is 24.7. The fourth-order valence-corrected chi connectivity index (χ4v) is 4.19. The third-order valence-electron chi connectivity index (χ3n) is 5.84. The lowest BCUT2D eigenvalue weighted by Crippen LogP contribution is -2.13. The summed E-state index contributed by atoms with van der Waals surface area (Å²) in [6, 6.07) is 4.95. The van der Waals surface area contributed by atoms with E-state index in [1.807, 2.05) is 0 Å². The number of anilines is 1. The van der Waals surface area contributed by atoms with Crippen molar-refractivity contribution >= 4 is 16.9 Å². The highest BCUT2D eigenvalue weighted by Gasteiger charge is 2.35. The Morgan fingerprint density at radius 1 is 1.11 bits per heavy atom. The van der Waals surface area contributed by atoms with Crippen molar-refractivity contribution in [3.05, 3.63) is 72.0 Å². The number of aromatic nitrogens is 8. The molecule has 0 amide bonds. The third kappa shape index (κ3) is 3.95. The van der Waals surface area contributed by atoms with Gasteiger partial charge in [0.05, 0.1) is 17.6 Å². The van der Waals surface area contributed by atoms with Crippen LogP contribution in [0.5, 0.6) is 0 Å². The highest BCUT2D eigenvalue weighted by molar-refractivity contribution is 6.03. The number of halogens is 5. The number of nitriles is 1. The predicted octanol–water partition coefficient (Wildman–Crippen LogP) is 4.22. The average molecular weight is 526 g/mol. The highest BCUT2D eigenvalue weighted by atomic mass is 19.4. The van der Waals surface area contributed by atoms with Gasteiger partial charge in [0.2, 0.25) is 5.82 Å². The number of nitrogens with two attached hydrogens (primary N) is 1. The van der Waals surface area contributed by atoms with Gasteiger partial charge in [-0.05, 0) is 18.6 Å². The van der Waals surface area contributed by atoms with Crippen LogP contribution in [0.3, 0.4) is 0 Å². The van der Waals surface area contributed by atoms with Crippen LogP contribution in [0.25, 0.3) is 27.8 Å². The lowest BCUT2D eigenvalue weighted by atomic mass is 10.1. The van der Waals surface area contributed by atoms with E-state index in [2.05, 4.69) is 36.3 Å². The molecule has 4 heterocycles. The van der Waals surface area contributed by atoms with Gasteiger partial charge < -0.3 is 10.3 Å². The lowest BCUT2D eigenvalue weighted by Gasteiger charge is -2.16. The number of nitrogen functional groups attached to an aromatic ring is 1. The molecule has 15 heteroatoms. The van der Waals surface area contributed by atoms with Crippen molar-refractivity contribution in [1.29, 1.82) is 5.26 Å². The van der Waals surface area contributed by atoms with Crippen LogP contribution in [-0.2, 0) is 6.18 Å². The molecule has 10 nitrogen and oxygen atoms in total. The molecule has 192 valence electrons. The second kappa shape index (κ2) is 9.14. The smallest absolute Gasteiger partial charge is 0.383 e. The van der Waals surface area contributed by atoms with E-state index in [0.29, 0.717) is 6.42 Å². The molecule has 2 N–H and O–H groups in total. The van der Waals surface area contributed by atoms with Gasteiger partial charge in [-0.15, -0.1) is 5.10 Å². The monoisotopic (exact) mass is 526 g/mol. The van der Waals surface area contributed by atoms with E-state index in [1.54, 1.807) is 6.92 Å². The summed E-state index contributed by atoms with van der Waals surface area (Å²) in [7, 11) is 0. The molecular weight excluding hydrogens is 511 g/mol. The number of alkyl halides is 3. The molecule has 0 aliphatic carbocycles.